The molecule has 0 atom stereocenters. The molecule has 0 saturated heterocycles. The molecule has 43 heavy (non-hydrogen) atoms. The van der Waals surface area contributed by atoms with Gasteiger partial charge >= 0.3 is 5.76 Å². The first-order chi connectivity index (χ1) is 20.1. The van der Waals surface area contributed by atoms with Crippen LogP contribution in [0.25, 0.3) is 28.2 Å². The van der Waals surface area contributed by atoms with Crippen molar-refractivity contribution >= 4 is 37.7 Å². The number of nitrogens with one attached hydrogen (secondary N) is 1. The zero-order valence-corrected chi connectivity index (χ0v) is 26.9. The minimum absolute atomic E-state index is 0. The number of aromatic nitrogens is 4. The van der Waals surface area contributed by atoms with Gasteiger partial charge in [-0.1, -0.05) is 67.0 Å². The van der Waals surface area contributed by atoms with Crippen LogP contribution >= 0.6 is 0 Å². The maximum absolute atomic E-state index is 15.1. The van der Waals surface area contributed by atoms with E-state index in [1.54, 1.807) is 6.92 Å². The molecule has 0 amide bonds. The molecule has 216 valence electrons. The Bertz CT molecular complexity index is 1930. The smallest absolute Gasteiger partial charge is 0.439 e. The van der Waals surface area contributed by atoms with Crippen LogP contribution in [0.1, 0.15) is 55.4 Å². The van der Waals surface area contributed by atoms with Gasteiger partial charge < -0.3 is 4.74 Å². The molecule has 2 radical (unpaired) electrons. The Morgan fingerprint density at radius 3 is 2.44 bits per heavy atom. The summed E-state index contributed by atoms with van der Waals surface area (Å²) < 4.78 is 27.1. The van der Waals surface area contributed by atoms with Gasteiger partial charge in [0, 0.05) is 73.3 Å². The number of benzene rings is 3. The van der Waals surface area contributed by atoms with Gasteiger partial charge in [0.25, 0.3) is 5.56 Å². The summed E-state index contributed by atoms with van der Waals surface area (Å²) in [6, 6.07) is 18.7. The average Bonchev–Trinajstić information content (AvgIpc) is 3.53. The summed E-state index contributed by atoms with van der Waals surface area (Å²) in [4.78, 5) is 33.0. The molecular weight excluding hydrogens is 575 g/mol. The zero-order valence-electron chi connectivity index (χ0n) is 24.7. The van der Waals surface area contributed by atoms with E-state index >= 15 is 4.39 Å². The topological polar surface area (TPSA) is 103 Å². The largest absolute Gasteiger partial charge is 0.484 e. The monoisotopic (exact) mass is 606 g/mol. The van der Waals surface area contributed by atoms with E-state index in [2.05, 4.69) is 17.1 Å². The molecule has 6 rings (SSSR count). The maximum atomic E-state index is 15.1. The predicted octanol–water partition coefficient (Wildman–Crippen LogP) is 5.57. The summed E-state index contributed by atoms with van der Waals surface area (Å²) >= 11 is 0. The number of aryl methyl sites for hydroxylation is 2. The summed E-state index contributed by atoms with van der Waals surface area (Å²) in [5, 5.41) is 3.84. The minimum atomic E-state index is -0.616. The molecular formula is C33H31CaFN4O4. The second-order valence-electron chi connectivity index (χ2n) is 11.3. The van der Waals surface area contributed by atoms with Gasteiger partial charge in [-0.2, -0.15) is 0 Å². The molecule has 2 aromatic heterocycles. The first-order valence-corrected chi connectivity index (χ1v) is 14.0. The van der Waals surface area contributed by atoms with E-state index in [0.717, 1.165) is 39.9 Å². The van der Waals surface area contributed by atoms with Gasteiger partial charge in [-0.15, -0.1) is 0 Å². The number of rotatable bonds is 7. The van der Waals surface area contributed by atoms with Crippen LogP contribution in [0, 0.1) is 12.7 Å². The van der Waals surface area contributed by atoms with Crippen molar-refractivity contribution in [3.05, 3.63) is 116 Å². The first-order valence-electron chi connectivity index (χ1n) is 14.0. The molecule has 3 heterocycles. The van der Waals surface area contributed by atoms with Crippen molar-refractivity contribution in [2.24, 2.45) is 0 Å². The van der Waals surface area contributed by atoms with Gasteiger partial charge in [0.2, 0.25) is 0 Å². The van der Waals surface area contributed by atoms with Crippen molar-refractivity contribution in [2.45, 2.75) is 59.0 Å². The number of H-pyrrole nitrogens is 1. The summed E-state index contributed by atoms with van der Waals surface area (Å²) in [5.41, 5.74) is 5.31. The number of fused-ring (bicyclic) bond motifs is 1. The van der Waals surface area contributed by atoms with Gasteiger partial charge in [-0.25, -0.2) is 14.2 Å². The van der Waals surface area contributed by atoms with Crippen LogP contribution in [-0.2, 0) is 19.3 Å². The molecule has 10 heteroatoms. The van der Waals surface area contributed by atoms with Crippen molar-refractivity contribution < 1.29 is 13.7 Å². The normalized spacial score (nSPS) is 13.3. The number of aromatic amines is 1. The van der Waals surface area contributed by atoms with E-state index in [9.17, 15) is 9.59 Å². The minimum Gasteiger partial charge on any atom is -0.484 e. The SMILES string of the molecule is CCCc1nc(C)n(-c2cc(F)c3c(c2)CC(C)(C)O3)c(=O)c1Cc1ccc(-c2ccccc2-c2noc(=O)[nH]2)cc1.[Ca]. The summed E-state index contributed by atoms with van der Waals surface area (Å²) in [5.74, 6) is 0.0250. The van der Waals surface area contributed by atoms with Crippen LogP contribution in [0.3, 0.4) is 0 Å². The first kappa shape index (κ1) is 30.9. The third-order valence-electron chi connectivity index (χ3n) is 7.54. The molecule has 1 aliphatic heterocycles. The molecule has 0 aliphatic carbocycles. The summed E-state index contributed by atoms with van der Waals surface area (Å²) in [6.45, 7) is 7.67. The fourth-order valence-corrected chi connectivity index (χ4v) is 5.72. The summed E-state index contributed by atoms with van der Waals surface area (Å²) in [6.07, 6.45) is 2.43. The molecule has 0 saturated carbocycles. The van der Waals surface area contributed by atoms with Gasteiger partial charge in [0.05, 0.1) is 11.4 Å². The quantitative estimate of drug-likeness (QED) is 0.243. The maximum Gasteiger partial charge on any atom is 0.439 e. The Labute approximate surface area is 277 Å². The molecule has 0 fully saturated rings. The Hall–Kier alpha value is -3.53. The molecule has 1 aliphatic rings. The third kappa shape index (κ3) is 6.12. The van der Waals surface area contributed by atoms with E-state index < -0.39 is 17.2 Å². The molecule has 0 spiro atoms. The van der Waals surface area contributed by atoms with E-state index in [0.29, 0.717) is 42.2 Å². The predicted molar refractivity (Wildman–Crippen MR) is 163 cm³/mol. The van der Waals surface area contributed by atoms with Crippen molar-refractivity contribution in [1.29, 1.82) is 0 Å². The van der Waals surface area contributed by atoms with Crippen molar-refractivity contribution in [2.75, 3.05) is 0 Å². The second kappa shape index (κ2) is 12.2. The summed E-state index contributed by atoms with van der Waals surface area (Å²) in [7, 11) is 0. The van der Waals surface area contributed by atoms with Gasteiger partial charge in [0.15, 0.2) is 17.4 Å². The van der Waals surface area contributed by atoms with E-state index in [1.807, 2.05) is 68.4 Å². The third-order valence-corrected chi connectivity index (χ3v) is 7.54. The number of nitrogens with zero attached hydrogens (tertiary/aromatic N) is 3. The van der Waals surface area contributed by atoms with Gasteiger partial charge in [-0.05, 0) is 49.9 Å². The Kier molecular flexibility index (Phi) is 8.79. The molecule has 1 N–H and O–H groups in total. The van der Waals surface area contributed by atoms with Gasteiger partial charge in [-0.3, -0.25) is 18.9 Å². The molecule has 3 aromatic carbocycles. The number of hydrogen-bond donors (Lipinski definition) is 1. The number of halogens is 1. The van der Waals surface area contributed by atoms with E-state index in [-0.39, 0.29) is 49.0 Å². The fourth-order valence-electron chi connectivity index (χ4n) is 5.72. The Morgan fingerprint density at radius 2 is 1.77 bits per heavy atom. The zero-order chi connectivity index (χ0) is 29.6. The number of hydrogen-bond acceptors (Lipinski definition) is 6. The second-order valence-corrected chi connectivity index (χ2v) is 11.3. The van der Waals surface area contributed by atoms with Crippen molar-refractivity contribution in [3.8, 4) is 34.0 Å². The Balaban J connectivity index is 0.00000368. The molecule has 0 unspecified atom stereocenters. The van der Waals surface area contributed by atoms with Gasteiger partial charge in [0.1, 0.15) is 11.4 Å². The van der Waals surface area contributed by atoms with Crippen molar-refractivity contribution in [3.63, 3.8) is 0 Å². The van der Waals surface area contributed by atoms with Crippen molar-refractivity contribution in [1.82, 2.24) is 19.7 Å². The molecule has 8 nitrogen and oxygen atoms in total. The Morgan fingerprint density at radius 1 is 1.05 bits per heavy atom. The number of ether oxygens (including phenoxy) is 1. The van der Waals surface area contributed by atoms with Crippen LogP contribution in [0.15, 0.2) is 74.8 Å². The molecule has 0 bridgehead atoms. The average molecular weight is 607 g/mol. The van der Waals surface area contributed by atoms with Crippen LogP contribution in [0.2, 0.25) is 0 Å². The fraction of sp³-hybridized carbons (Fsp3) is 0.273. The standard InChI is InChI=1S/C33H31FN4O4.Ca/c1-5-8-28-26(31(39)38(19(2)35-28)23-16-22-18-33(3,4)41-29(22)27(34)17-23)15-20-11-13-21(14-12-20)24-9-6-7-10-25(24)30-36-32(40)42-37-30;/h6-7,9-14,16-17H,5,8,15,18H2,1-4H3,(H,36,37,40);. The van der Waals surface area contributed by atoms with E-state index in [4.69, 9.17) is 14.2 Å². The van der Waals surface area contributed by atoms with Crippen LogP contribution in [-0.4, -0.2) is 63.0 Å². The molecule has 5 aromatic rings. The van der Waals surface area contributed by atoms with E-state index in [1.165, 1.54) is 10.6 Å². The van der Waals surface area contributed by atoms with Crippen LogP contribution in [0.5, 0.6) is 5.75 Å². The van der Waals surface area contributed by atoms with Crippen LogP contribution in [0.4, 0.5) is 4.39 Å². The van der Waals surface area contributed by atoms with Crippen LogP contribution < -0.4 is 16.1 Å².